The number of fused-ring (bicyclic) bond motifs is 4. The second kappa shape index (κ2) is 11.7. The van der Waals surface area contributed by atoms with Crippen LogP contribution in [0.5, 0.6) is 5.75 Å². The number of imide groups is 1. The Bertz CT molecular complexity index is 2120. The molecule has 0 unspecified atom stereocenters. The Hall–Kier alpha value is -5.33. The first kappa shape index (κ1) is 31.0. The number of rotatable bonds is 5. The first-order chi connectivity index (χ1) is 23.7. The molecule has 1 heterocycles. The fraction of sp³-hybridized carbons (Fsp3) is 0.190. The maximum absolute atomic E-state index is 15.1. The smallest absolute Gasteiger partial charge is 0.238 e. The molecule has 6 atom stereocenters. The van der Waals surface area contributed by atoms with Gasteiger partial charge in [0.25, 0.3) is 0 Å². The van der Waals surface area contributed by atoms with Gasteiger partial charge in [-0.1, -0.05) is 109 Å². The molecule has 8 rings (SSSR count). The first-order valence-corrected chi connectivity index (χ1v) is 16.8. The molecule has 1 aliphatic heterocycles. The molecule has 0 aromatic heterocycles. The number of aromatic hydroxyl groups is 1. The molecule has 4 aliphatic rings. The molecule has 2 amide bonds. The van der Waals surface area contributed by atoms with Crippen LogP contribution < -0.4 is 4.90 Å². The highest BCUT2D eigenvalue weighted by Crippen LogP contribution is 2.64. The average Bonchev–Trinajstić information content (AvgIpc) is 3.39. The molecular weight excluding hydrogens is 634 g/mol. The SMILES string of the molecule is C=Cc1ccc(N2C(=O)[C@H]3[C@H](CC=C4[C@H]3C[C@H]3C(=O)C(c5ccccc5)=CC(=O)[C@@]3(c3ccccc3)[C@H]4c3cc(Cl)ccc3O)C2=O)cc1. The number of ketones is 2. The van der Waals surface area contributed by atoms with E-state index in [0.29, 0.717) is 33.0 Å². The number of benzene rings is 4. The van der Waals surface area contributed by atoms with E-state index in [9.17, 15) is 19.5 Å². The van der Waals surface area contributed by atoms with Crippen molar-refractivity contribution < 1.29 is 24.3 Å². The van der Waals surface area contributed by atoms with E-state index in [2.05, 4.69) is 6.58 Å². The molecule has 1 N–H and O–H groups in total. The predicted molar refractivity (Wildman–Crippen MR) is 189 cm³/mol. The summed E-state index contributed by atoms with van der Waals surface area (Å²) >= 11 is 6.58. The summed E-state index contributed by atoms with van der Waals surface area (Å²) in [6.45, 7) is 3.80. The fourth-order valence-electron chi connectivity index (χ4n) is 8.99. The lowest BCUT2D eigenvalue weighted by atomic mass is 9.44. The third-order valence-electron chi connectivity index (χ3n) is 11.1. The van der Waals surface area contributed by atoms with Crippen LogP contribution >= 0.6 is 11.6 Å². The van der Waals surface area contributed by atoms with Crippen LogP contribution in [0.2, 0.25) is 5.02 Å². The summed E-state index contributed by atoms with van der Waals surface area (Å²) in [5.41, 5.74) is 2.66. The minimum Gasteiger partial charge on any atom is -0.508 e. The number of phenolic OH excluding ortho intramolecular Hbond substituents is 1. The Balaban J connectivity index is 1.36. The number of carbonyl (C=O) groups is 4. The molecule has 3 aliphatic carbocycles. The molecule has 49 heavy (non-hydrogen) atoms. The van der Waals surface area contributed by atoms with Crippen LogP contribution in [0.15, 0.2) is 127 Å². The van der Waals surface area contributed by atoms with E-state index in [1.807, 2.05) is 78.9 Å². The van der Waals surface area contributed by atoms with E-state index < -0.39 is 35.0 Å². The summed E-state index contributed by atoms with van der Waals surface area (Å²) < 4.78 is 0. The van der Waals surface area contributed by atoms with Crippen molar-refractivity contribution in [3.8, 4) is 5.75 Å². The molecule has 4 aromatic rings. The molecule has 1 saturated heterocycles. The van der Waals surface area contributed by atoms with Crippen LogP contribution in [0.4, 0.5) is 5.69 Å². The maximum atomic E-state index is 15.1. The third-order valence-corrected chi connectivity index (χ3v) is 11.3. The number of hydrogen-bond acceptors (Lipinski definition) is 5. The number of hydrogen-bond donors (Lipinski definition) is 1. The first-order valence-electron chi connectivity index (χ1n) is 16.5. The summed E-state index contributed by atoms with van der Waals surface area (Å²) in [7, 11) is 0. The van der Waals surface area contributed by atoms with Gasteiger partial charge in [0.2, 0.25) is 11.8 Å². The van der Waals surface area contributed by atoms with Gasteiger partial charge in [0.15, 0.2) is 11.6 Å². The number of carbonyl (C=O) groups excluding carboxylic acids is 4. The van der Waals surface area contributed by atoms with Crippen LogP contribution in [0, 0.1) is 23.7 Å². The van der Waals surface area contributed by atoms with E-state index in [4.69, 9.17) is 11.6 Å². The molecule has 1 saturated carbocycles. The lowest BCUT2D eigenvalue weighted by molar-refractivity contribution is -0.135. The van der Waals surface area contributed by atoms with Gasteiger partial charge in [-0.3, -0.25) is 24.1 Å². The average molecular weight is 666 g/mol. The summed E-state index contributed by atoms with van der Waals surface area (Å²) in [6.07, 6.45) is 5.59. The zero-order chi connectivity index (χ0) is 34.0. The molecular formula is C42H32ClNO5. The predicted octanol–water partition coefficient (Wildman–Crippen LogP) is 7.72. The second-order valence-electron chi connectivity index (χ2n) is 13.3. The van der Waals surface area contributed by atoms with Crippen molar-refractivity contribution >= 4 is 52.3 Å². The van der Waals surface area contributed by atoms with E-state index in [1.54, 1.807) is 30.3 Å². The largest absolute Gasteiger partial charge is 0.508 e. The molecule has 0 bridgehead atoms. The van der Waals surface area contributed by atoms with E-state index in [-0.39, 0.29) is 42.0 Å². The van der Waals surface area contributed by atoms with Crippen molar-refractivity contribution in [1.82, 2.24) is 0 Å². The zero-order valence-electron chi connectivity index (χ0n) is 26.5. The highest BCUT2D eigenvalue weighted by atomic mass is 35.5. The van der Waals surface area contributed by atoms with Crippen molar-refractivity contribution in [2.24, 2.45) is 23.7 Å². The molecule has 0 spiro atoms. The topological polar surface area (TPSA) is 91.8 Å². The highest BCUT2D eigenvalue weighted by Gasteiger charge is 2.66. The lowest BCUT2D eigenvalue weighted by Crippen LogP contribution is -2.58. The zero-order valence-corrected chi connectivity index (χ0v) is 27.2. The van der Waals surface area contributed by atoms with Crippen LogP contribution in [0.1, 0.15) is 41.0 Å². The Morgan fingerprint density at radius 3 is 2.22 bits per heavy atom. The molecule has 2 fully saturated rings. The maximum Gasteiger partial charge on any atom is 0.238 e. The lowest BCUT2D eigenvalue weighted by Gasteiger charge is -2.55. The molecule has 0 radical (unpaired) electrons. The van der Waals surface area contributed by atoms with Crippen molar-refractivity contribution in [3.63, 3.8) is 0 Å². The highest BCUT2D eigenvalue weighted by molar-refractivity contribution is 6.32. The number of halogens is 1. The van der Waals surface area contributed by atoms with Gasteiger partial charge in [-0.2, -0.15) is 0 Å². The van der Waals surface area contributed by atoms with Gasteiger partial charge in [-0.15, -0.1) is 0 Å². The van der Waals surface area contributed by atoms with Crippen molar-refractivity contribution in [2.75, 3.05) is 4.90 Å². The molecule has 4 aromatic carbocycles. The Morgan fingerprint density at radius 2 is 1.53 bits per heavy atom. The van der Waals surface area contributed by atoms with Crippen LogP contribution in [-0.2, 0) is 24.6 Å². The monoisotopic (exact) mass is 665 g/mol. The summed E-state index contributed by atoms with van der Waals surface area (Å²) in [5.74, 6) is -4.83. The second-order valence-corrected chi connectivity index (χ2v) is 13.7. The minimum atomic E-state index is -1.44. The molecule has 7 heteroatoms. The number of phenols is 1. The van der Waals surface area contributed by atoms with Crippen LogP contribution in [0.25, 0.3) is 11.6 Å². The van der Waals surface area contributed by atoms with Crippen molar-refractivity contribution in [1.29, 1.82) is 0 Å². The van der Waals surface area contributed by atoms with Crippen LogP contribution in [0.3, 0.4) is 0 Å². The van der Waals surface area contributed by atoms with Gasteiger partial charge in [0, 0.05) is 28.0 Å². The van der Waals surface area contributed by atoms with Crippen molar-refractivity contribution in [3.05, 3.63) is 155 Å². The Morgan fingerprint density at radius 1 is 0.837 bits per heavy atom. The molecule has 242 valence electrons. The van der Waals surface area contributed by atoms with Gasteiger partial charge in [-0.25, -0.2) is 0 Å². The van der Waals surface area contributed by atoms with Gasteiger partial charge >= 0.3 is 0 Å². The quantitative estimate of drug-likeness (QED) is 0.174. The van der Waals surface area contributed by atoms with E-state index in [0.717, 1.165) is 11.1 Å². The van der Waals surface area contributed by atoms with Gasteiger partial charge in [0.05, 0.1) is 22.9 Å². The number of Topliss-reactive ketones (excluding diaryl/α,β-unsaturated/α-hetero) is 1. The number of amides is 2. The van der Waals surface area contributed by atoms with Gasteiger partial charge in [0.1, 0.15) is 5.75 Å². The molecule has 6 nitrogen and oxygen atoms in total. The summed E-state index contributed by atoms with van der Waals surface area (Å²) in [5, 5.41) is 11.9. The van der Waals surface area contributed by atoms with Gasteiger partial charge < -0.3 is 5.11 Å². The normalized spacial score (nSPS) is 27.5. The number of anilines is 1. The number of allylic oxidation sites excluding steroid dienone is 4. The van der Waals surface area contributed by atoms with Gasteiger partial charge in [-0.05, 0) is 71.9 Å². The summed E-state index contributed by atoms with van der Waals surface area (Å²) in [4.78, 5) is 59.8. The standard InChI is InChI=1S/C42H32ClNO5/c1-2-24-13-16-28(17-14-24)44-40(48)30-19-18-29-32(37(30)41(44)49)22-34-39(47)31(25-9-5-3-6-10-25)23-36(46)42(34,26-11-7-4-8-12-26)38(29)33-21-27(43)15-20-35(33)45/h2-18,20-21,23,30,32,34,37-38,45H,1,19,22H2/t30-,32+,34-,37-,38+,42-/m0/s1. The minimum absolute atomic E-state index is 0.0667. The van der Waals surface area contributed by atoms with Crippen LogP contribution in [-0.4, -0.2) is 28.5 Å². The number of nitrogens with zero attached hydrogens (tertiary/aromatic N) is 1. The van der Waals surface area contributed by atoms with E-state index in [1.165, 1.54) is 17.0 Å². The summed E-state index contributed by atoms with van der Waals surface area (Å²) in [6, 6.07) is 30.2. The fourth-order valence-corrected chi connectivity index (χ4v) is 9.17. The van der Waals surface area contributed by atoms with Crippen molar-refractivity contribution in [2.45, 2.75) is 24.2 Å². The Labute approximate surface area is 289 Å². The van der Waals surface area contributed by atoms with E-state index >= 15 is 4.79 Å². The third kappa shape index (κ3) is 4.54. The Kier molecular flexibility index (Phi) is 7.38.